The van der Waals surface area contributed by atoms with Crippen LogP contribution in [0.25, 0.3) is 0 Å². The van der Waals surface area contributed by atoms with E-state index in [0.29, 0.717) is 0 Å². The first kappa shape index (κ1) is 21.4. The van der Waals surface area contributed by atoms with Gasteiger partial charge >= 0.3 is 0 Å². The highest BCUT2D eigenvalue weighted by Gasteiger charge is 2.43. The lowest BCUT2D eigenvalue weighted by Gasteiger charge is -2.41. The Kier molecular flexibility index (Phi) is 6.75. The molecule has 1 aliphatic heterocycles. The van der Waals surface area contributed by atoms with Crippen molar-refractivity contribution in [3.05, 3.63) is 48.5 Å². The van der Waals surface area contributed by atoms with E-state index in [-0.39, 0.29) is 21.6 Å². The van der Waals surface area contributed by atoms with Crippen molar-refractivity contribution in [2.75, 3.05) is 26.2 Å². The van der Waals surface area contributed by atoms with Gasteiger partial charge in [-0.2, -0.15) is 0 Å². The molecule has 0 atom stereocenters. The van der Waals surface area contributed by atoms with Crippen molar-refractivity contribution >= 4 is 35.1 Å². The molecule has 0 bridgehead atoms. The highest BCUT2D eigenvalue weighted by atomic mass is 28.4. The van der Waals surface area contributed by atoms with Gasteiger partial charge in [0.2, 0.25) is 0 Å². The van der Waals surface area contributed by atoms with Crippen LogP contribution < -0.4 is 19.8 Å². The molecule has 2 aromatic rings. The first-order valence-corrected chi connectivity index (χ1v) is 21.7. The van der Waals surface area contributed by atoms with Crippen molar-refractivity contribution in [1.29, 1.82) is 0 Å². The molecule has 0 aromatic heterocycles. The maximum atomic E-state index is 8.41. The molecule has 0 N–H and O–H groups in total. The van der Waals surface area contributed by atoms with Crippen molar-refractivity contribution in [2.45, 2.75) is 96.3 Å². The zero-order chi connectivity index (χ0) is 35.4. The summed E-state index contributed by atoms with van der Waals surface area (Å²) in [6, 6.07) is 16.5. The second-order valence-corrected chi connectivity index (χ2v) is 27.1. The molecule has 0 radical (unpaired) electrons. The highest BCUT2D eigenvalue weighted by Crippen LogP contribution is 2.37. The highest BCUT2D eigenvalue weighted by molar-refractivity contribution is 7.04. The average molecular weight is 581 g/mol. The molecule has 1 aliphatic rings. The molecule has 3 rings (SSSR count). The molecule has 0 saturated carbocycles. The van der Waals surface area contributed by atoms with Gasteiger partial charge in [0.25, 0.3) is 0 Å². The molecule has 0 amide bonds. The van der Waals surface area contributed by atoms with Gasteiger partial charge in [0.1, 0.15) is 32.7 Å². The van der Waals surface area contributed by atoms with Crippen LogP contribution in [0.5, 0.6) is 11.5 Å². The standard InChI is InChI=1S/C31H52O4Si3/c1-30(2,3)36(7,8)34-22-20-32-26-12-16-28(17-13-26)38(24-11-25-38)29-18-14-27(15-19-29)33-21-23-35-37(9,10)31(4,5)6/h12-19H,11,20-25H2,1-10H3/i20D2,21D2,22D2,23D2. The van der Waals surface area contributed by atoms with E-state index in [1.165, 1.54) is 0 Å². The zero-order valence-corrected chi connectivity index (χ0v) is 27.9. The van der Waals surface area contributed by atoms with Crippen molar-refractivity contribution in [2.24, 2.45) is 0 Å². The Bertz CT molecular complexity index is 1250. The third kappa shape index (κ3) is 7.42. The summed E-state index contributed by atoms with van der Waals surface area (Å²) in [6.07, 6.45) is 1.07. The van der Waals surface area contributed by atoms with E-state index in [9.17, 15) is 0 Å². The smallest absolute Gasteiger partial charge is 0.192 e. The number of hydrogen-bond acceptors (Lipinski definition) is 4. The van der Waals surface area contributed by atoms with Crippen molar-refractivity contribution < 1.29 is 29.3 Å². The first-order valence-electron chi connectivity index (χ1n) is 17.5. The maximum absolute atomic E-state index is 8.41. The van der Waals surface area contributed by atoms with Gasteiger partial charge in [0.05, 0.1) is 24.1 Å². The SMILES string of the molecule is [2H]C([2H])(Oc1ccc([Si]2(c3ccc(OC([2H])([2H])C([2H])([2H])O[Si](C)(C)C(C)(C)C)cc3)CCC2)cc1)C([2H])([2H])O[Si](C)(C)C(C)(C)C. The Balaban J connectivity index is 1.77. The Morgan fingerprint density at radius 2 is 0.974 bits per heavy atom. The minimum absolute atomic E-state index is 0.208. The second-order valence-electron chi connectivity index (χ2n) is 13.3. The molecule has 0 unspecified atom stereocenters. The van der Waals surface area contributed by atoms with Crippen LogP contribution in [0.3, 0.4) is 0 Å². The fraction of sp³-hybridized carbons (Fsp3) is 0.613. The lowest BCUT2D eigenvalue weighted by molar-refractivity contribution is 0.203. The minimum atomic E-state index is -2.72. The van der Waals surface area contributed by atoms with E-state index in [2.05, 4.69) is 0 Å². The van der Waals surface area contributed by atoms with Gasteiger partial charge in [-0.25, -0.2) is 0 Å². The maximum Gasteiger partial charge on any atom is 0.192 e. The fourth-order valence-electron chi connectivity index (χ4n) is 3.72. The van der Waals surface area contributed by atoms with Crippen molar-refractivity contribution in [1.82, 2.24) is 0 Å². The third-order valence-corrected chi connectivity index (χ3v) is 22.4. The lowest BCUT2D eigenvalue weighted by atomic mass is 10.2. The lowest BCUT2D eigenvalue weighted by Crippen LogP contribution is -2.62. The summed E-state index contributed by atoms with van der Waals surface area (Å²) in [5.41, 5.74) is 0. The molecule has 212 valence electrons. The van der Waals surface area contributed by atoms with Gasteiger partial charge in [-0.05, 0) is 72.6 Å². The van der Waals surface area contributed by atoms with Crippen LogP contribution in [-0.2, 0) is 8.85 Å². The first-order chi connectivity index (χ1) is 20.5. The summed E-state index contributed by atoms with van der Waals surface area (Å²) in [6.45, 7) is 8.53. The predicted octanol–water partition coefficient (Wildman–Crippen LogP) is 7.45. The Morgan fingerprint density at radius 1 is 0.632 bits per heavy atom. The van der Waals surface area contributed by atoms with Gasteiger partial charge in [-0.15, -0.1) is 0 Å². The topological polar surface area (TPSA) is 36.9 Å². The summed E-state index contributed by atoms with van der Waals surface area (Å²) in [5.74, 6) is 0.417. The van der Waals surface area contributed by atoms with Gasteiger partial charge in [0, 0.05) is 0 Å². The van der Waals surface area contributed by atoms with Crippen LogP contribution in [0.2, 0.25) is 48.4 Å². The molecule has 4 nitrogen and oxygen atoms in total. The Labute approximate surface area is 247 Å². The predicted molar refractivity (Wildman–Crippen MR) is 169 cm³/mol. The van der Waals surface area contributed by atoms with Crippen LogP contribution in [0.4, 0.5) is 0 Å². The monoisotopic (exact) mass is 580 g/mol. The fourth-order valence-corrected chi connectivity index (χ4v) is 9.09. The molecular weight excluding hydrogens is 521 g/mol. The van der Waals surface area contributed by atoms with Crippen molar-refractivity contribution in [3.63, 3.8) is 0 Å². The summed E-state index contributed by atoms with van der Waals surface area (Å²) in [5, 5.41) is 1.66. The van der Waals surface area contributed by atoms with E-state index in [1.807, 2.05) is 92.0 Å². The van der Waals surface area contributed by atoms with Gasteiger partial charge in [-0.1, -0.05) is 82.6 Å². The number of hydrogen-bond donors (Lipinski definition) is 0. The van der Waals surface area contributed by atoms with Crippen LogP contribution in [0.15, 0.2) is 48.5 Å². The second kappa shape index (κ2) is 12.0. The number of rotatable bonds is 12. The molecule has 1 fully saturated rings. The summed E-state index contributed by atoms with van der Waals surface area (Å²) >= 11 is 0. The van der Waals surface area contributed by atoms with E-state index in [0.717, 1.165) is 28.9 Å². The normalized spacial score (nSPS) is 20.8. The largest absolute Gasteiger partial charge is 0.491 e. The van der Waals surface area contributed by atoms with Gasteiger partial charge < -0.3 is 18.3 Å². The summed E-state index contributed by atoms with van der Waals surface area (Å²) < 4.78 is 90.0. The van der Waals surface area contributed by atoms with Crippen LogP contribution in [0, 0.1) is 0 Å². The molecule has 2 aromatic carbocycles. The molecule has 7 heteroatoms. The molecule has 0 spiro atoms. The molecule has 1 heterocycles. The van der Waals surface area contributed by atoms with Crippen molar-refractivity contribution in [3.8, 4) is 11.5 Å². The Hall–Kier alpha value is -1.39. The van der Waals surface area contributed by atoms with Crippen LogP contribution >= 0.6 is 0 Å². The molecule has 1 saturated heterocycles. The number of ether oxygens (including phenoxy) is 2. The van der Waals surface area contributed by atoms with Gasteiger partial charge in [-0.3, -0.25) is 0 Å². The molecular formula is C31H52O4Si3. The van der Waals surface area contributed by atoms with E-state index in [4.69, 9.17) is 29.3 Å². The van der Waals surface area contributed by atoms with E-state index >= 15 is 0 Å². The zero-order valence-electron chi connectivity index (χ0n) is 32.9. The quantitative estimate of drug-likeness (QED) is 0.244. The van der Waals surface area contributed by atoms with Gasteiger partial charge in [0.15, 0.2) is 16.6 Å². The summed E-state index contributed by atoms with van der Waals surface area (Å²) in [7, 11) is -7.37. The summed E-state index contributed by atoms with van der Waals surface area (Å²) in [4.78, 5) is 0. The molecule has 38 heavy (non-hydrogen) atoms. The van der Waals surface area contributed by atoms with E-state index in [1.54, 1.807) is 24.3 Å². The Morgan fingerprint density at radius 3 is 1.24 bits per heavy atom. The number of benzene rings is 2. The third-order valence-electron chi connectivity index (χ3n) is 8.67. The van der Waals surface area contributed by atoms with Crippen LogP contribution in [0.1, 0.15) is 58.9 Å². The van der Waals surface area contributed by atoms with Crippen LogP contribution in [-0.4, -0.2) is 50.9 Å². The average Bonchev–Trinajstić information content (AvgIpc) is 2.82. The minimum Gasteiger partial charge on any atom is -0.491 e. The van der Waals surface area contributed by atoms with E-state index < -0.39 is 50.9 Å². The molecule has 0 aliphatic carbocycles.